The molecule has 6 N–H and O–H groups in total. The normalized spacial score (nSPS) is 11.4. The van der Waals surface area contributed by atoms with Gasteiger partial charge in [-0.15, -0.1) is 0 Å². The van der Waals surface area contributed by atoms with Crippen molar-refractivity contribution in [1.29, 1.82) is 0 Å². The number of carboxylic acids is 1. The molecule has 0 aromatic heterocycles. The van der Waals surface area contributed by atoms with Crippen LogP contribution in [0.1, 0.15) is 13.3 Å². The predicted molar refractivity (Wildman–Crippen MR) is 64.8 cm³/mol. The molecule has 1 atom stereocenters. The second kappa shape index (κ2) is 7.90. The SMILES string of the molecule is CC(CCNC(=O)N(CC(N)=O)CC(N)=O)C(=O)O. The Kier molecular flexibility index (Phi) is 6.94. The van der Waals surface area contributed by atoms with Gasteiger partial charge in [-0.3, -0.25) is 14.4 Å². The van der Waals surface area contributed by atoms with Gasteiger partial charge in [0.2, 0.25) is 11.8 Å². The van der Waals surface area contributed by atoms with E-state index in [9.17, 15) is 19.2 Å². The Morgan fingerprint density at radius 1 is 1.16 bits per heavy atom. The van der Waals surface area contributed by atoms with E-state index in [1.165, 1.54) is 6.92 Å². The molecule has 0 aliphatic rings. The highest BCUT2D eigenvalue weighted by Gasteiger charge is 2.18. The molecule has 19 heavy (non-hydrogen) atoms. The number of carboxylic acid groups (broad SMARTS) is 1. The number of amides is 4. The van der Waals surface area contributed by atoms with Gasteiger partial charge < -0.3 is 26.8 Å². The van der Waals surface area contributed by atoms with Crippen LogP contribution in [-0.2, 0) is 14.4 Å². The maximum Gasteiger partial charge on any atom is 0.318 e. The number of aliphatic carboxylic acids is 1. The minimum atomic E-state index is -0.972. The first-order valence-electron chi connectivity index (χ1n) is 5.56. The second-order valence-electron chi connectivity index (χ2n) is 4.05. The third-order valence-corrected chi connectivity index (χ3v) is 2.26. The maximum absolute atomic E-state index is 11.6. The highest BCUT2D eigenvalue weighted by molar-refractivity contribution is 5.87. The molecule has 0 saturated carbocycles. The second-order valence-corrected chi connectivity index (χ2v) is 4.05. The van der Waals surface area contributed by atoms with E-state index < -0.39 is 42.8 Å². The van der Waals surface area contributed by atoms with E-state index in [2.05, 4.69) is 5.32 Å². The van der Waals surface area contributed by atoms with E-state index >= 15 is 0 Å². The average molecular weight is 274 g/mol. The van der Waals surface area contributed by atoms with Crippen molar-refractivity contribution in [1.82, 2.24) is 10.2 Å². The fourth-order valence-electron chi connectivity index (χ4n) is 1.21. The molecule has 0 spiro atoms. The summed E-state index contributed by atoms with van der Waals surface area (Å²) in [6, 6.07) is -0.699. The number of nitrogens with two attached hydrogens (primary N) is 2. The number of hydrogen-bond donors (Lipinski definition) is 4. The number of carbonyl (C=O) groups is 4. The molecule has 9 nitrogen and oxygen atoms in total. The molecule has 0 aromatic carbocycles. The van der Waals surface area contributed by atoms with Crippen molar-refractivity contribution in [2.75, 3.05) is 19.6 Å². The van der Waals surface area contributed by atoms with Gasteiger partial charge in [-0.05, 0) is 6.42 Å². The average Bonchev–Trinajstić information content (AvgIpc) is 2.26. The summed E-state index contributed by atoms with van der Waals surface area (Å²) in [6.07, 6.45) is 0.224. The lowest BCUT2D eigenvalue weighted by atomic mass is 10.1. The van der Waals surface area contributed by atoms with Crippen LogP contribution in [-0.4, -0.2) is 53.5 Å². The Hall–Kier alpha value is -2.32. The van der Waals surface area contributed by atoms with Crippen LogP contribution in [0.5, 0.6) is 0 Å². The Balaban J connectivity index is 4.28. The van der Waals surface area contributed by atoms with Crippen molar-refractivity contribution in [2.45, 2.75) is 13.3 Å². The van der Waals surface area contributed by atoms with E-state index in [0.29, 0.717) is 0 Å². The summed E-state index contributed by atoms with van der Waals surface area (Å²) in [6.45, 7) is 0.714. The Labute approximate surface area is 109 Å². The van der Waals surface area contributed by atoms with Crippen molar-refractivity contribution in [3.63, 3.8) is 0 Å². The van der Waals surface area contributed by atoms with Gasteiger partial charge in [0, 0.05) is 6.54 Å². The smallest absolute Gasteiger partial charge is 0.318 e. The topological polar surface area (TPSA) is 156 Å². The van der Waals surface area contributed by atoms with Crippen LogP contribution in [0.2, 0.25) is 0 Å². The fourth-order valence-corrected chi connectivity index (χ4v) is 1.21. The van der Waals surface area contributed by atoms with Crippen LogP contribution in [0, 0.1) is 5.92 Å². The fraction of sp³-hybridized carbons (Fsp3) is 0.600. The van der Waals surface area contributed by atoms with Crippen LogP contribution in [0.4, 0.5) is 4.79 Å². The van der Waals surface area contributed by atoms with Gasteiger partial charge in [0.15, 0.2) is 0 Å². The highest BCUT2D eigenvalue weighted by atomic mass is 16.4. The van der Waals surface area contributed by atoms with E-state index in [-0.39, 0.29) is 13.0 Å². The lowest BCUT2D eigenvalue weighted by Crippen LogP contribution is -2.48. The van der Waals surface area contributed by atoms with Crippen LogP contribution in [0.15, 0.2) is 0 Å². The third kappa shape index (κ3) is 7.58. The quantitative estimate of drug-likeness (QED) is 0.406. The van der Waals surface area contributed by atoms with E-state index in [1.54, 1.807) is 0 Å². The molecule has 0 heterocycles. The first-order valence-corrected chi connectivity index (χ1v) is 5.56. The largest absolute Gasteiger partial charge is 0.481 e. The molecule has 1 unspecified atom stereocenters. The first-order chi connectivity index (χ1) is 8.73. The van der Waals surface area contributed by atoms with Gasteiger partial charge in [-0.25, -0.2) is 4.79 Å². The lowest BCUT2D eigenvalue weighted by Gasteiger charge is -2.20. The highest BCUT2D eigenvalue weighted by Crippen LogP contribution is 2.00. The zero-order valence-electron chi connectivity index (χ0n) is 10.6. The van der Waals surface area contributed by atoms with E-state index in [4.69, 9.17) is 16.6 Å². The number of urea groups is 1. The molecule has 0 aliphatic carbocycles. The molecule has 108 valence electrons. The Morgan fingerprint density at radius 2 is 1.63 bits per heavy atom. The van der Waals surface area contributed by atoms with Crippen molar-refractivity contribution < 1.29 is 24.3 Å². The number of rotatable bonds is 8. The van der Waals surface area contributed by atoms with Crippen LogP contribution in [0.25, 0.3) is 0 Å². The van der Waals surface area contributed by atoms with Gasteiger partial charge in [0.05, 0.1) is 5.92 Å². The number of nitrogens with one attached hydrogen (secondary N) is 1. The number of hydrogen-bond acceptors (Lipinski definition) is 4. The summed E-state index contributed by atoms with van der Waals surface area (Å²) in [5, 5.41) is 11.0. The van der Waals surface area contributed by atoms with E-state index in [0.717, 1.165) is 4.90 Å². The van der Waals surface area contributed by atoms with Crippen LogP contribution < -0.4 is 16.8 Å². The molecule has 0 aliphatic heterocycles. The minimum Gasteiger partial charge on any atom is -0.481 e. The van der Waals surface area contributed by atoms with Crippen molar-refractivity contribution in [2.24, 2.45) is 17.4 Å². The van der Waals surface area contributed by atoms with E-state index in [1.807, 2.05) is 0 Å². The number of carbonyl (C=O) groups excluding carboxylic acids is 3. The molecule has 0 radical (unpaired) electrons. The standard InChI is InChI=1S/C10H18N4O5/c1-6(9(17)18)2-3-13-10(19)14(4-7(11)15)5-8(12)16/h6H,2-5H2,1H3,(H2,11,15)(H2,12,16)(H,13,19)(H,17,18). The van der Waals surface area contributed by atoms with Crippen LogP contribution >= 0.6 is 0 Å². The summed E-state index contributed by atoms with van der Waals surface area (Å²) < 4.78 is 0. The zero-order valence-corrected chi connectivity index (χ0v) is 10.6. The molecular formula is C10H18N4O5. The molecule has 0 bridgehead atoms. The van der Waals surface area contributed by atoms with Gasteiger partial charge in [-0.2, -0.15) is 0 Å². The Morgan fingerprint density at radius 3 is 2.00 bits per heavy atom. The van der Waals surface area contributed by atoms with Gasteiger partial charge in [-0.1, -0.05) is 6.92 Å². The maximum atomic E-state index is 11.6. The predicted octanol–water partition coefficient (Wildman–Crippen LogP) is -1.92. The third-order valence-electron chi connectivity index (χ3n) is 2.26. The number of primary amides is 2. The summed E-state index contributed by atoms with van der Waals surface area (Å²) in [5.41, 5.74) is 9.87. The van der Waals surface area contributed by atoms with Crippen molar-refractivity contribution >= 4 is 23.8 Å². The minimum absolute atomic E-state index is 0.0975. The van der Waals surface area contributed by atoms with Gasteiger partial charge in [0.1, 0.15) is 13.1 Å². The zero-order chi connectivity index (χ0) is 15.0. The molecule has 0 aromatic rings. The monoisotopic (exact) mass is 274 g/mol. The van der Waals surface area contributed by atoms with Crippen LogP contribution in [0.3, 0.4) is 0 Å². The molecule has 4 amide bonds. The Bertz CT molecular complexity index is 355. The summed E-state index contributed by atoms with van der Waals surface area (Å²) >= 11 is 0. The van der Waals surface area contributed by atoms with Crippen molar-refractivity contribution in [3.8, 4) is 0 Å². The summed E-state index contributed by atoms with van der Waals surface area (Å²) in [5.74, 6) is -3.15. The lowest BCUT2D eigenvalue weighted by molar-refractivity contribution is -0.141. The molecule has 0 fully saturated rings. The molecule has 0 saturated heterocycles. The molecular weight excluding hydrogens is 256 g/mol. The van der Waals surface area contributed by atoms with Crippen molar-refractivity contribution in [3.05, 3.63) is 0 Å². The summed E-state index contributed by atoms with van der Waals surface area (Å²) in [7, 11) is 0. The summed E-state index contributed by atoms with van der Waals surface area (Å²) in [4.78, 5) is 44.5. The molecule has 9 heteroatoms. The first kappa shape index (κ1) is 16.7. The molecule has 0 rings (SSSR count). The van der Waals surface area contributed by atoms with Gasteiger partial charge in [0.25, 0.3) is 0 Å². The number of nitrogens with zero attached hydrogens (tertiary/aromatic N) is 1. The van der Waals surface area contributed by atoms with Gasteiger partial charge >= 0.3 is 12.0 Å².